The van der Waals surface area contributed by atoms with Gasteiger partial charge in [0.15, 0.2) is 0 Å². The summed E-state index contributed by atoms with van der Waals surface area (Å²) in [5.74, 6) is 0. The Morgan fingerprint density at radius 3 is 1.00 bits per heavy atom. The van der Waals surface area contributed by atoms with Crippen LogP contribution in [-0.4, -0.2) is 0 Å². The van der Waals surface area contributed by atoms with Crippen molar-refractivity contribution in [2.75, 3.05) is 0 Å². The molecule has 0 aliphatic carbocycles. The summed E-state index contributed by atoms with van der Waals surface area (Å²) in [5.41, 5.74) is 3.07. The van der Waals surface area contributed by atoms with Crippen LogP contribution in [0.1, 0.15) is 116 Å². The van der Waals surface area contributed by atoms with Crippen LogP contribution in [0.25, 0.3) is 0 Å². The van der Waals surface area contributed by atoms with Gasteiger partial charge in [-0.2, -0.15) is 0 Å². The summed E-state index contributed by atoms with van der Waals surface area (Å²) in [5, 5.41) is 0. The monoisotopic (exact) mass is 470 g/mol. The lowest BCUT2D eigenvalue weighted by molar-refractivity contribution is 0.477. The quantitative estimate of drug-likeness (QED) is 0.211. The highest BCUT2D eigenvalue weighted by atomic mass is 33.1. The van der Waals surface area contributed by atoms with Crippen LogP contribution >= 0.6 is 21.6 Å². The highest BCUT2D eigenvalue weighted by molar-refractivity contribution is 8.77. The second-order valence-corrected chi connectivity index (χ2v) is 12.2. The van der Waals surface area contributed by atoms with E-state index in [2.05, 4.69) is 110 Å². The highest BCUT2D eigenvalue weighted by Gasteiger charge is 2.39. The average molecular weight is 471 g/mol. The fourth-order valence-electron chi connectivity index (χ4n) is 4.58. The summed E-state index contributed by atoms with van der Waals surface area (Å²) in [7, 11) is 4.44. The maximum absolute atomic E-state index is 2.39. The largest absolute Gasteiger partial charge is 0.0816 e. The lowest BCUT2D eigenvalue weighted by atomic mass is 9.88. The first-order chi connectivity index (χ1) is 15.7. The molecule has 0 aliphatic rings. The van der Waals surface area contributed by atoms with Crippen molar-refractivity contribution in [1.82, 2.24) is 0 Å². The van der Waals surface area contributed by atoms with Gasteiger partial charge in [0.05, 0.1) is 9.49 Å². The first-order valence-electron chi connectivity index (χ1n) is 13.1. The molecule has 178 valence electrons. The van der Waals surface area contributed by atoms with Crippen molar-refractivity contribution in [2.45, 2.75) is 114 Å². The molecule has 32 heavy (non-hydrogen) atoms. The lowest BCUT2D eigenvalue weighted by Gasteiger charge is -2.40. The smallest absolute Gasteiger partial charge is 0.0512 e. The molecule has 0 fully saturated rings. The van der Waals surface area contributed by atoms with E-state index in [1.165, 1.54) is 88.2 Å². The Labute approximate surface area is 207 Å². The number of hydrogen-bond donors (Lipinski definition) is 0. The van der Waals surface area contributed by atoms with Gasteiger partial charge in [-0.3, -0.25) is 0 Å². The summed E-state index contributed by atoms with van der Waals surface area (Å²) < 4.78 is 0.410. The molecule has 0 atom stereocenters. The minimum absolute atomic E-state index is 0.205. The molecular formula is C30H46S2. The minimum atomic E-state index is 0.205. The van der Waals surface area contributed by atoms with Crippen LogP contribution in [-0.2, 0) is 9.49 Å². The topological polar surface area (TPSA) is 0 Å². The van der Waals surface area contributed by atoms with Crippen molar-refractivity contribution in [2.24, 2.45) is 0 Å². The average Bonchev–Trinajstić information content (AvgIpc) is 2.86. The fraction of sp³-hybridized carbons (Fsp3) is 0.600. The molecule has 0 saturated carbocycles. The Bertz CT molecular complexity index is 631. The number of rotatable bonds is 17. The van der Waals surface area contributed by atoms with Gasteiger partial charge in [-0.1, -0.05) is 161 Å². The Hall–Kier alpha value is -0.860. The van der Waals surface area contributed by atoms with Crippen LogP contribution < -0.4 is 0 Å². The van der Waals surface area contributed by atoms with E-state index >= 15 is 0 Å². The van der Waals surface area contributed by atoms with E-state index in [0.717, 1.165) is 0 Å². The first-order valence-corrected chi connectivity index (χ1v) is 15.3. The Balaban J connectivity index is 2.44. The van der Waals surface area contributed by atoms with Gasteiger partial charge in [0.25, 0.3) is 0 Å². The Morgan fingerprint density at radius 2 is 0.750 bits per heavy atom. The van der Waals surface area contributed by atoms with Gasteiger partial charge < -0.3 is 0 Å². The van der Waals surface area contributed by atoms with Crippen molar-refractivity contribution in [3.05, 3.63) is 71.8 Å². The summed E-state index contributed by atoms with van der Waals surface area (Å²) in [4.78, 5) is 0. The molecule has 0 unspecified atom stereocenters. The number of benzene rings is 2. The van der Waals surface area contributed by atoms with Crippen molar-refractivity contribution < 1.29 is 0 Å². The van der Waals surface area contributed by atoms with Crippen molar-refractivity contribution in [3.8, 4) is 0 Å². The molecule has 0 heterocycles. The zero-order valence-corrected chi connectivity index (χ0v) is 22.7. The fourth-order valence-corrected chi connectivity index (χ4v) is 8.81. The van der Waals surface area contributed by atoms with Gasteiger partial charge in [0, 0.05) is 0 Å². The van der Waals surface area contributed by atoms with E-state index in [1.807, 2.05) is 0 Å². The SMILES string of the molecule is CCCCC(CCCC)(SSC(CCCC)(CCCC)c1ccccc1)c1ccccc1. The molecule has 2 aromatic rings. The summed E-state index contributed by atoms with van der Waals surface area (Å²) in [6, 6.07) is 22.9. The molecule has 0 bridgehead atoms. The predicted molar refractivity (Wildman–Crippen MR) is 150 cm³/mol. The summed E-state index contributed by atoms with van der Waals surface area (Å²) >= 11 is 0. The first kappa shape index (κ1) is 27.4. The Kier molecular flexibility index (Phi) is 12.9. The zero-order valence-electron chi connectivity index (χ0n) is 21.1. The van der Waals surface area contributed by atoms with Crippen molar-refractivity contribution >= 4 is 21.6 Å². The van der Waals surface area contributed by atoms with Gasteiger partial charge in [0.1, 0.15) is 0 Å². The molecule has 0 amide bonds. The summed E-state index contributed by atoms with van der Waals surface area (Å²) in [6.07, 6.45) is 15.4. The molecule has 2 rings (SSSR count). The third-order valence-electron chi connectivity index (χ3n) is 6.70. The van der Waals surface area contributed by atoms with Crippen LogP contribution in [0.15, 0.2) is 60.7 Å². The predicted octanol–water partition coefficient (Wildman–Crippen LogP) is 10.9. The van der Waals surface area contributed by atoms with E-state index in [0.29, 0.717) is 0 Å². The molecule has 0 aromatic heterocycles. The molecule has 0 radical (unpaired) electrons. The number of hydrogen-bond acceptors (Lipinski definition) is 2. The maximum Gasteiger partial charge on any atom is 0.0512 e. The third-order valence-corrected chi connectivity index (χ3v) is 10.9. The van der Waals surface area contributed by atoms with Gasteiger partial charge in [0.2, 0.25) is 0 Å². The van der Waals surface area contributed by atoms with Gasteiger partial charge >= 0.3 is 0 Å². The van der Waals surface area contributed by atoms with E-state index in [4.69, 9.17) is 0 Å². The number of unbranched alkanes of at least 4 members (excludes halogenated alkanes) is 4. The standard InChI is InChI=1S/C30H46S2/c1-5-9-23-29(24-10-6-2,27-19-15-13-16-20-27)31-32-30(25-11-7-3,26-12-8-4)28-21-17-14-18-22-28/h13-22H,5-12,23-26H2,1-4H3. The molecule has 0 saturated heterocycles. The van der Waals surface area contributed by atoms with Gasteiger partial charge in [-0.15, -0.1) is 0 Å². The van der Waals surface area contributed by atoms with E-state index < -0.39 is 0 Å². The summed E-state index contributed by atoms with van der Waals surface area (Å²) in [6.45, 7) is 9.35. The molecule has 0 N–H and O–H groups in total. The third kappa shape index (κ3) is 7.87. The molecule has 2 aromatic carbocycles. The van der Waals surface area contributed by atoms with Crippen LogP contribution in [0, 0.1) is 0 Å². The van der Waals surface area contributed by atoms with Crippen molar-refractivity contribution in [3.63, 3.8) is 0 Å². The van der Waals surface area contributed by atoms with Crippen LogP contribution in [0.4, 0.5) is 0 Å². The van der Waals surface area contributed by atoms with E-state index in [1.54, 1.807) is 0 Å². The lowest BCUT2D eigenvalue weighted by Crippen LogP contribution is -2.26. The second kappa shape index (κ2) is 15.1. The van der Waals surface area contributed by atoms with Gasteiger partial charge in [-0.25, -0.2) is 0 Å². The molecular weight excluding hydrogens is 424 g/mol. The van der Waals surface area contributed by atoms with Crippen molar-refractivity contribution in [1.29, 1.82) is 0 Å². The van der Waals surface area contributed by atoms with Crippen LogP contribution in [0.2, 0.25) is 0 Å². The van der Waals surface area contributed by atoms with Crippen LogP contribution in [0.3, 0.4) is 0 Å². The van der Waals surface area contributed by atoms with Crippen LogP contribution in [0.5, 0.6) is 0 Å². The molecule has 0 spiro atoms. The molecule has 2 heteroatoms. The van der Waals surface area contributed by atoms with E-state index in [-0.39, 0.29) is 9.49 Å². The Morgan fingerprint density at radius 1 is 0.469 bits per heavy atom. The second-order valence-electron chi connectivity index (χ2n) is 9.30. The maximum atomic E-state index is 2.39. The molecule has 0 nitrogen and oxygen atoms in total. The zero-order chi connectivity index (χ0) is 23.1. The minimum Gasteiger partial charge on any atom is -0.0816 e. The highest BCUT2D eigenvalue weighted by Crippen LogP contribution is 2.59. The molecule has 0 aliphatic heterocycles. The van der Waals surface area contributed by atoms with Gasteiger partial charge in [-0.05, 0) is 36.8 Å². The normalized spacial score (nSPS) is 12.2. The van der Waals surface area contributed by atoms with E-state index in [9.17, 15) is 0 Å².